The molecule has 0 saturated carbocycles. The Hall–Kier alpha value is -1.71. The Kier molecular flexibility index (Phi) is 2.53. The Morgan fingerprint density at radius 3 is 2.50 bits per heavy atom. The van der Waals surface area contributed by atoms with Crippen LogP contribution in [0.15, 0.2) is 24.3 Å². The SMILES string of the molecule is Nc1ccc(NCC(=O)O)cc1. The number of nitrogens with one attached hydrogen (secondary N) is 1. The molecular weight excluding hydrogens is 156 g/mol. The lowest BCUT2D eigenvalue weighted by Gasteiger charge is -2.02. The highest BCUT2D eigenvalue weighted by Crippen LogP contribution is 2.09. The molecule has 4 nitrogen and oxygen atoms in total. The number of carboxylic acids is 1. The number of anilines is 2. The maximum Gasteiger partial charge on any atom is 0.322 e. The lowest BCUT2D eigenvalue weighted by molar-refractivity contribution is -0.134. The Morgan fingerprint density at radius 2 is 2.00 bits per heavy atom. The summed E-state index contributed by atoms with van der Waals surface area (Å²) in [6.07, 6.45) is 0. The summed E-state index contributed by atoms with van der Waals surface area (Å²) < 4.78 is 0. The van der Waals surface area contributed by atoms with Gasteiger partial charge in [-0.05, 0) is 24.3 Å². The lowest BCUT2D eigenvalue weighted by Crippen LogP contribution is -2.12. The summed E-state index contributed by atoms with van der Waals surface area (Å²) in [5.74, 6) is -0.883. The van der Waals surface area contributed by atoms with Crippen LogP contribution in [-0.2, 0) is 4.79 Å². The maximum absolute atomic E-state index is 10.2. The minimum absolute atomic E-state index is 0.0794. The van der Waals surface area contributed by atoms with Gasteiger partial charge in [0.1, 0.15) is 6.54 Å². The van der Waals surface area contributed by atoms with Gasteiger partial charge in [-0.1, -0.05) is 0 Å². The third-order valence-electron chi connectivity index (χ3n) is 1.35. The third-order valence-corrected chi connectivity index (χ3v) is 1.35. The fourth-order valence-electron chi connectivity index (χ4n) is 0.779. The van der Waals surface area contributed by atoms with Crippen molar-refractivity contribution in [3.8, 4) is 0 Å². The molecule has 1 aromatic carbocycles. The van der Waals surface area contributed by atoms with E-state index in [4.69, 9.17) is 10.8 Å². The first-order chi connectivity index (χ1) is 5.68. The van der Waals surface area contributed by atoms with Gasteiger partial charge in [-0.3, -0.25) is 4.79 Å². The molecule has 0 unspecified atom stereocenters. The van der Waals surface area contributed by atoms with Crippen molar-refractivity contribution in [2.24, 2.45) is 0 Å². The number of rotatable bonds is 3. The molecule has 1 aromatic rings. The van der Waals surface area contributed by atoms with E-state index >= 15 is 0 Å². The molecule has 0 aliphatic rings. The molecule has 4 N–H and O–H groups in total. The molecule has 4 heteroatoms. The zero-order chi connectivity index (χ0) is 8.97. The third kappa shape index (κ3) is 2.49. The van der Waals surface area contributed by atoms with E-state index < -0.39 is 5.97 Å². The highest BCUT2D eigenvalue weighted by atomic mass is 16.4. The van der Waals surface area contributed by atoms with Crippen molar-refractivity contribution >= 4 is 17.3 Å². The smallest absolute Gasteiger partial charge is 0.322 e. The standard InChI is InChI=1S/C8H10N2O2/c9-6-1-3-7(4-2-6)10-5-8(11)12/h1-4,10H,5,9H2,(H,11,12). The van der Waals surface area contributed by atoms with Gasteiger partial charge in [0.25, 0.3) is 0 Å². The van der Waals surface area contributed by atoms with E-state index in [-0.39, 0.29) is 6.54 Å². The van der Waals surface area contributed by atoms with E-state index in [0.717, 1.165) is 5.69 Å². The predicted molar refractivity (Wildman–Crippen MR) is 47.0 cm³/mol. The molecule has 12 heavy (non-hydrogen) atoms. The molecule has 0 saturated heterocycles. The second-order valence-corrected chi connectivity index (χ2v) is 2.37. The topological polar surface area (TPSA) is 75.3 Å². The highest BCUT2D eigenvalue weighted by Gasteiger charge is 1.95. The average Bonchev–Trinajstić information content (AvgIpc) is 2.03. The Bertz CT molecular complexity index is 269. The van der Waals surface area contributed by atoms with Crippen LogP contribution in [0.4, 0.5) is 11.4 Å². The number of nitrogens with two attached hydrogens (primary N) is 1. The monoisotopic (exact) mass is 166 g/mol. The van der Waals surface area contributed by atoms with Gasteiger partial charge >= 0.3 is 5.97 Å². The number of hydrogen-bond acceptors (Lipinski definition) is 3. The van der Waals surface area contributed by atoms with Gasteiger partial charge in [0.05, 0.1) is 0 Å². The Labute approximate surface area is 70.0 Å². The molecule has 0 aliphatic heterocycles. The van der Waals surface area contributed by atoms with Crippen LogP contribution in [0, 0.1) is 0 Å². The summed E-state index contributed by atoms with van der Waals surface area (Å²) in [6, 6.07) is 6.89. The van der Waals surface area contributed by atoms with Crippen molar-refractivity contribution in [1.29, 1.82) is 0 Å². The van der Waals surface area contributed by atoms with E-state index in [9.17, 15) is 4.79 Å². The van der Waals surface area contributed by atoms with Crippen molar-refractivity contribution in [2.75, 3.05) is 17.6 Å². The summed E-state index contributed by atoms with van der Waals surface area (Å²) in [4.78, 5) is 10.2. The van der Waals surface area contributed by atoms with E-state index in [1.807, 2.05) is 0 Å². The normalized spacial score (nSPS) is 9.33. The minimum atomic E-state index is -0.883. The van der Waals surface area contributed by atoms with Crippen LogP contribution < -0.4 is 11.1 Å². The minimum Gasteiger partial charge on any atom is -0.480 e. The first kappa shape index (κ1) is 8.39. The average molecular weight is 166 g/mol. The molecule has 0 bridgehead atoms. The predicted octanol–water partition coefficient (Wildman–Crippen LogP) is 0.765. The summed E-state index contributed by atoms with van der Waals surface area (Å²) in [5, 5.41) is 11.1. The summed E-state index contributed by atoms with van der Waals surface area (Å²) in [5.41, 5.74) is 6.86. The molecule has 0 fully saturated rings. The van der Waals surface area contributed by atoms with Gasteiger partial charge in [0, 0.05) is 11.4 Å². The molecule has 0 spiro atoms. The molecular formula is C8H10N2O2. The molecule has 0 radical (unpaired) electrons. The van der Waals surface area contributed by atoms with Crippen LogP contribution in [0.25, 0.3) is 0 Å². The maximum atomic E-state index is 10.2. The fourth-order valence-corrected chi connectivity index (χ4v) is 0.779. The molecule has 1 rings (SSSR count). The summed E-state index contributed by atoms with van der Waals surface area (Å²) in [7, 11) is 0. The van der Waals surface area contributed by atoms with Gasteiger partial charge in [-0.25, -0.2) is 0 Å². The zero-order valence-corrected chi connectivity index (χ0v) is 6.45. The van der Waals surface area contributed by atoms with Gasteiger partial charge in [0.15, 0.2) is 0 Å². The van der Waals surface area contributed by atoms with Gasteiger partial charge in [-0.2, -0.15) is 0 Å². The van der Waals surface area contributed by atoms with E-state index in [2.05, 4.69) is 5.32 Å². The quantitative estimate of drug-likeness (QED) is 0.579. The van der Waals surface area contributed by atoms with E-state index in [0.29, 0.717) is 5.69 Å². The molecule has 0 heterocycles. The number of benzene rings is 1. The van der Waals surface area contributed by atoms with Crippen LogP contribution in [0.3, 0.4) is 0 Å². The largest absolute Gasteiger partial charge is 0.480 e. The van der Waals surface area contributed by atoms with Gasteiger partial charge in [0.2, 0.25) is 0 Å². The molecule has 0 aliphatic carbocycles. The van der Waals surface area contributed by atoms with Crippen LogP contribution >= 0.6 is 0 Å². The number of hydrogen-bond donors (Lipinski definition) is 3. The number of carboxylic acid groups (broad SMARTS) is 1. The highest BCUT2D eigenvalue weighted by molar-refractivity contribution is 5.72. The number of nitrogen functional groups attached to an aromatic ring is 1. The fraction of sp³-hybridized carbons (Fsp3) is 0.125. The second-order valence-electron chi connectivity index (χ2n) is 2.37. The number of carbonyl (C=O) groups is 1. The Morgan fingerprint density at radius 1 is 1.42 bits per heavy atom. The van der Waals surface area contributed by atoms with Crippen molar-refractivity contribution in [3.05, 3.63) is 24.3 Å². The van der Waals surface area contributed by atoms with Crippen molar-refractivity contribution < 1.29 is 9.90 Å². The van der Waals surface area contributed by atoms with Gasteiger partial charge in [-0.15, -0.1) is 0 Å². The van der Waals surface area contributed by atoms with Crippen LogP contribution in [-0.4, -0.2) is 17.6 Å². The van der Waals surface area contributed by atoms with Crippen molar-refractivity contribution in [1.82, 2.24) is 0 Å². The van der Waals surface area contributed by atoms with Crippen LogP contribution in [0.2, 0.25) is 0 Å². The first-order valence-electron chi connectivity index (χ1n) is 3.49. The molecule has 0 atom stereocenters. The second kappa shape index (κ2) is 3.61. The lowest BCUT2D eigenvalue weighted by atomic mass is 10.3. The molecule has 0 aromatic heterocycles. The molecule has 64 valence electrons. The van der Waals surface area contributed by atoms with Gasteiger partial charge < -0.3 is 16.2 Å². The van der Waals surface area contributed by atoms with Crippen LogP contribution in [0.5, 0.6) is 0 Å². The van der Waals surface area contributed by atoms with E-state index in [1.165, 1.54) is 0 Å². The summed E-state index contributed by atoms with van der Waals surface area (Å²) in [6.45, 7) is -0.0794. The zero-order valence-electron chi connectivity index (χ0n) is 6.45. The number of aliphatic carboxylic acids is 1. The van der Waals surface area contributed by atoms with Crippen molar-refractivity contribution in [3.63, 3.8) is 0 Å². The van der Waals surface area contributed by atoms with Crippen LogP contribution in [0.1, 0.15) is 0 Å². The molecule has 0 amide bonds. The Balaban J connectivity index is 2.53. The van der Waals surface area contributed by atoms with E-state index in [1.54, 1.807) is 24.3 Å². The first-order valence-corrected chi connectivity index (χ1v) is 3.49. The van der Waals surface area contributed by atoms with Crippen molar-refractivity contribution in [2.45, 2.75) is 0 Å². The summed E-state index contributed by atoms with van der Waals surface area (Å²) >= 11 is 0.